The van der Waals surface area contributed by atoms with Crippen molar-refractivity contribution in [3.8, 4) is 0 Å². The van der Waals surface area contributed by atoms with Crippen LogP contribution in [0.3, 0.4) is 0 Å². The van der Waals surface area contributed by atoms with Crippen LogP contribution in [0.4, 0.5) is 0 Å². The fraction of sp³-hybridized carbons (Fsp3) is 1.00. The molecular formula is C13H30N2O. The van der Waals surface area contributed by atoms with Crippen molar-refractivity contribution in [3.05, 3.63) is 0 Å². The minimum absolute atomic E-state index is 0.263. The lowest BCUT2D eigenvalue weighted by molar-refractivity contribution is 0.231. The predicted octanol–water partition coefficient (Wildman–Crippen LogP) is 1.61. The van der Waals surface area contributed by atoms with Gasteiger partial charge >= 0.3 is 0 Å². The van der Waals surface area contributed by atoms with Gasteiger partial charge in [0.15, 0.2) is 0 Å². The largest absolute Gasteiger partial charge is 0.396 e. The van der Waals surface area contributed by atoms with Gasteiger partial charge in [-0.3, -0.25) is 0 Å². The summed E-state index contributed by atoms with van der Waals surface area (Å²) < 4.78 is 0. The second-order valence-corrected chi connectivity index (χ2v) is 5.86. The molecule has 0 amide bonds. The Hall–Kier alpha value is -0.120. The van der Waals surface area contributed by atoms with E-state index >= 15 is 0 Å². The molecule has 0 aromatic rings. The van der Waals surface area contributed by atoms with E-state index in [9.17, 15) is 0 Å². The zero-order chi connectivity index (χ0) is 12.6. The van der Waals surface area contributed by atoms with Crippen LogP contribution in [0.1, 0.15) is 40.5 Å². The second-order valence-electron chi connectivity index (χ2n) is 5.86. The van der Waals surface area contributed by atoms with Crippen LogP contribution in [0.15, 0.2) is 0 Å². The lowest BCUT2D eigenvalue weighted by Gasteiger charge is -2.27. The van der Waals surface area contributed by atoms with Crippen LogP contribution in [-0.2, 0) is 0 Å². The lowest BCUT2D eigenvalue weighted by atomic mass is 9.87. The Morgan fingerprint density at radius 1 is 1.31 bits per heavy atom. The maximum absolute atomic E-state index is 8.82. The van der Waals surface area contributed by atoms with Crippen molar-refractivity contribution in [2.45, 2.75) is 40.5 Å². The summed E-state index contributed by atoms with van der Waals surface area (Å²) in [7, 11) is 0. The summed E-state index contributed by atoms with van der Waals surface area (Å²) in [5.74, 6) is 1.20. The highest BCUT2D eigenvalue weighted by molar-refractivity contribution is 4.74. The Labute approximate surface area is 101 Å². The molecule has 0 aliphatic heterocycles. The molecule has 0 saturated carbocycles. The maximum atomic E-state index is 8.82. The number of nitrogens with two attached hydrogens (primary N) is 1. The quantitative estimate of drug-likeness (QED) is 0.564. The monoisotopic (exact) mass is 230 g/mol. The molecule has 0 radical (unpaired) electrons. The second kappa shape index (κ2) is 8.04. The van der Waals surface area contributed by atoms with Crippen LogP contribution in [-0.4, -0.2) is 31.3 Å². The van der Waals surface area contributed by atoms with Gasteiger partial charge in [0.1, 0.15) is 0 Å². The Bertz CT molecular complexity index is 169. The highest BCUT2D eigenvalue weighted by Crippen LogP contribution is 2.21. The first-order valence-electron chi connectivity index (χ1n) is 6.44. The molecule has 0 rings (SSSR count). The third kappa shape index (κ3) is 7.20. The van der Waals surface area contributed by atoms with Crippen LogP contribution >= 0.6 is 0 Å². The zero-order valence-electron chi connectivity index (χ0n) is 11.4. The fourth-order valence-corrected chi connectivity index (χ4v) is 1.83. The summed E-state index contributed by atoms with van der Waals surface area (Å²) in [6, 6.07) is 0. The topological polar surface area (TPSA) is 58.3 Å². The molecule has 4 N–H and O–H groups in total. The smallest absolute Gasteiger partial charge is 0.0431 e. The molecule has 0 aliphatic carbocycles. The first-order valence-corrected chi connectivity index (χ1v) is 6.44. The number of aliphatic hydroxyl groups is 1. The molecule has 0 spiro atoms. The standard InChI is InChI=1S/C13H30N2O/c1-11(2)12(8-14)9-15-10-13(3,4)6-5-7-16/h11-12,15-16H,5-10,14H2,1-4H3. The first-order chi connectivity index (χ1) is 7.43. The van der Waals surface area contributed by atoms with Crippen LogP contribution < -0.4 is 11.1 Å². The maximum Gasteiger partial charge on any atom is 0.0431 e. The van der Waals surface area contributed by atoms with Crippen molar-refractivity contribution in [1.29, 1.82) is 0 Å². The van der Waals surface area contributed by atoms with Crippen LogP contribution in [0.25, 0.3) is 0 Å². The van der Waals surface area contributed by atoms with Gasteiger partial charge in [0.25, 0.3) is 0 Å². The van der Waals surface area contributed by atoms with E-state index in [1.165, 1.54) is 0 Å². The van der Waals surface area contributed by atoms with Crippen molar-refractivity contribution in [3.63, 3.8) is 0 Å². The van der Waals surface area contributed by atoms with E-state index < -0.39 is 0 Å². The summed E-state index contributed by atoms with van der Waals surface area (Å²) in [4.78, 5) is 0. The molecule has 1 unspecified atom stereocenters. The van der Waals surface area contributed by atoms with Crippen molar-refractivity contribution in [2.24, 2.45) is 23.0 Å². The minimum Gasteiger partial charge on any atom is -0.396 e. The van der Waals surface area contributed by atoms with E-state index in [-0.39, 0.29) is 5.41 Å². The number of rotatable bonds is 9. The van der Waals surface area contributed by atoms with Gasteiger partial charge < -0.3 is 16.2 Å². The zero-order valence-corrected chi connectivity index (χ0v) is 11.4. The summed E-state index contributed by atoms with van der Waals surface area (Å²) in [5.41, 5.74) is 5.99. The van der Waals surface area contributed by atoms with Gasteiger partial charge in [-0.2, -0.15) is 0 Å². The first kappa shape index (κ1) is 15.9. The van der Waals surface area contributed by atoms with E-state index in [0.29, 0.717) is 18.4 Å². The molecule has 0 heterocycles. The predicted molar refractivity (Wildman–Crippen MR) is 70.4 cm³/mol. The average Bonchev–Trinajstić information content (AvgIpc) is 2.21. The van der Waals surface area contributed by atoms with Gasteiger partial charge in [0.05, 0.1) is 0 Å². The van der Waals surface area contributed by atoms with Crippen LogP contribution in [0.5, 0.6) is 0 Å². The highest BCUT2D eigenvalue weighted by atomic mass is 16.2. The third-order valence-electron chi connectivity index (χ3n) is 3.27. The Kier molecular flexibility index (Phi) is 7.98. The van der Waals surface area contributed by atoms with Crippen molar-refractivity contribution in [1.82, 2.24) is 5.32 Å². The van der Waals surface area contributed by atoms with E-state index in [4.69, 9.17) is 10.8 Å². The summed E-state index contributed by atoms with van der Waals surface area (Å²) >= 11 is 0. The minimum atomic E-state index is 0.263. The normalized spacial score (nSPS) is 14.4. The molecule has 0 aromatic carbocycles. The number of hydrogen-bond donors (Lipinski definition) is 3. The summed E-state index contributed by atoms with van der Waals surface area (Å²) in [5, 5.41) is 12.3. The van der Waals surface area contributed by atoms with Crippen LogP contribution in [0, 0.1) is 17.3 Å². The van der Waals surface area contributed by atoms with Crippen LogP contribution in [0.2, 0.25) is 0 Å². The van der Waals surface area contributed by atoms with Gasteiger partial charge in [-0.25, -0.2) is 0 Å². The van der Waals surface area contributed by atoms with Crippen molar-refractivity contribution < 1.29 is 5.11 Å². The molecule has 0 aromatic heterocycles. The van der Waals surface area contributed by atoms with E-state index in [1.807, 2.05) is 0 Å². The van der Waals surface area contributed by atoms with Crippen molar-refractivity contribution in [2.75, 3.05) is 26.2 Å². The SMILES string of the molecule is CC(C)C(CN)CNCC(C)(C)CCCO. The van der Waals surface area contributed by atoms with Crippen molar-refractivity contribution >= 4 is 0 Å². The van der Waals surface area contributed by atoms with E-state index in [1.54, 1.807) is 0 Å². The third-order valence-corrected chi connectivity index (χ3v) is 3.27. The van der Waals surface area contributed by atoms with Gasteiger partial charge in [0.2, 0.25) is 0 Å². The Balaban J connectivity index is 3.78. The Morgan fingerprint density at radius 3 is 2.38 bits per heavy atom. The average molecular weight is 230 g/mol. The molecule has 3 nitrogen and oxygen atoms in total. The molecule has 0 aliphatic rings. The molecule has 0 fully saturated rings. The Morgan fingerprint density at radius 2 is 1.94 bits per heavy atom. The van der Waals surface area contributed by atoms with Gasteiger partial charge in [-0.15, -0.1) is 0 Å². The molecular weight excluding hydrogens is 200 g/mol. The fourth-order valence-electron chi connectivity index (χ4n) is 1.83. The molecule has 0 bridgehead atoms. The number of aliphatic hydroxyl groups excluding tert-OH is 1. The van der Waals surface area contributed by atoms with E-state index in [0.717, 1.165) is 32.5 Å². The number of nitrogens with one attached hydrogen (secondary N) is 1. The summed E-state index contributed by atoms with van der Waals surface area (Å²) in [6.07, 6.45) is 1.95. The molecule has 3 heteroatoms. The summed E-state index contributed by atoms with van der Waals surface area (Å²) in [6.45, 7) is 12.0. The van der Waals surface area contributed by atoms with Gasteiger partial charge in [0, 0.05) is 13.2 Å². The van der Waals surface area contributed by atoms with Gasteiger partial charge in [-0.05, 0) is 43.2 Å². The molecule has 98 valence electrons. The highest BCUT2D eigenvalue weighted by Gasteiger charge is 2.18. The lowest BCUT2D eigenvalue weighted by Crippen LogP contribution is -2.37. The molecule has 1 atom stereocenters. The number of hydrogen-bond acceptors (Lipinski definition) is 3. The molecule has 16 heavy (non-hydrogen) atoms. The molecule has 0 saturated heterocycles. The van der Waals surface area contributed by atoms with Gasteiger partial charge in [-0.1, -0.05) is 27.7 Å². The van der Waals surface area contributed by atoms with E-state index in [2.05, 4.69) is 33.0 Å².